The molecule has 0 aliphatic heterocycles. The van der Waals surface area contributed by atoms with Crippen LogP contribution in [0.25, 0.3) is 6.08 Å². The molecule has 2 heterocycles. The smallest absolute Gasteiger partial charge is 0.249 e. The van der Waals surface area contributed by atoms with Crippen LogP contribution in [-0.4, -0.2) is 5.91 Å². The highest BCUT2D eigenvalue weighted by Crippen LogP contribution is 2.39. The van der Waals surface area contributed by atoms with Gasteiger partial charge in [0.15, 0.2) is 0 Å². The maximum absolute atomic E-state index is 12.1. The zero-order chi connectivity index (χ0) is 16.2. The molecule has 5 heteroatoms. The van der Waals surface area contributed by atoms with Crippen molar-refractivity contribution in [1.29, 1.82) is 5.26 Å². The summed E-state index contributed by atoms with van der Waals surface area (Å²) in [7, 11) is 0. The lowest BCUT2D eigenvalue weighted by atomic mass is 9.86. The lowest BCUT2D eigenvalue weighted by Gasteiger charge is -2.20. The van der Waals surface area contributed by atoms with E-state index in [1.807, 2.05) is 0 Å². The average molecular weight is 326 g/mol. The lowest BCUT2D eigenvalue weighted by molar-refractivity contribution is -0.111. The molecule has 118 valence electrons. The Balaban J connectivity index is 1.77. The molecule has 0 radical (unpaired) electrons. The molecule has 1 aliphatic rings. The maximum atomic E-state index is 12.1. The highest BCUT2D eigenvalue weighted by atomic mass is 32.1. The topological polar surface area (TPSA) is 66.0 Å². The summed E-state index contributed by atoms with van der Waals surface area (Å²) in [6, 6.07) is 5.81. The second-order valence-corrected chi connectivity index (χ2v) is 6.78. The lowest BCUT2D eigenvalue weighted by Crippen LogP contribution is -2.12. The van der Waals surface area contributed by atoms with Gasteiger partial charge in [0.25, 0.3) is 0 Å². The first-order valence-corrected chi connectivity index (χ1v) is 8.60. The fourth-order valence-corrected chi connectivity index (χ4v) is 4.22. The number of carbonyl (C=O) groups excluding carboxylic acids is 1. The molecule has 0 fully saturated rings. The number of carbonyl (C=O) groups is 1. The molecule has 1 N–H and O–H groups in total. The van der Waals surface area contributed by atoms with Crippen molar-refractivity contribution >= 4 is 28.3 Å². The first-order chi connectivity index (χ1) is 11.2. The number of amides is 1. The minimum absolute atomic E-state index is 0.247. The number of nitrogens with zero attached hydrogens (tertiary/aromatic N) is 1. The molecule has 0 bridgehead atoms. The summed E-state index contributed by atoms with van der Waals surface area (Å²) in [5, 5.41) is 13.0. The zero-order valence-electron chi connectivity index (χ0n) is 13.0. The van der Waals surface area contributed by atoms with Gasteiger partial charge in [0.1, 0.15) is 16.8 Å². The molecule has 0 spiro atoms. The van der Waals surface area contributed by atoms with Crippen LogP contribution >= 0.6 is 11.3 Å². The van der Waals surface area contributed by atoms with E-state index in [0.717, 1.165) is 31.2 Å². The monoisotopic (exact) mass is 326 g/mol. The zero-order valence-corrected chi connectivity index (χ0v) is 13.8. The van der Waals surface area contributed by atoms with Crippen LogP contribution in [0, 0.1) is 17.2 Å². The molecule has 1 atom stereocenters. The van der Waals surface area contributed by atoms with E-state index >= 15 is 0 Å². The molecule has 2 aromatic rings. The second-order valence-electron chi connectivity index (χ2n) is 5.67. The summed E-state index contributed by atoms with van der Waals surface area (Å²) < 4.78 is 5.15. The number of anilines is 1. The minimum Gasteiger partial charge on any atom is -0.465 e. The summed E-state index contributed by atoms with van der Waals surface area (Å²) in [5.74, 6) is 1.07. The fourth-order valence-electron chi connectivity index (χ4n) is 2.91. The molecule has 3 rings (SSSR count). The molecule has 2 aromatic heterocycles. The molecule has 0 aromatic carbocycles. The summed E-state index contributed by atoms with van der Waals surface area (Å²) in [5.41, 5.74) is 1.77. The van der Waals surface area contributed by atoms with Gasteiger partial charge in [-0.2, -0.15) is 5.26 Å². The Labute approximate surface area is 139 Å². The summed E-state index contributed by atoms with van der Waals surface area (Å²) in [6.45, 7) is 2.20. The standard InChI is InChI=1S/C18H18N2O2S/c1-2-12-5-7-14-15(11-19)18(23-16(14)10-12)20-17(21)8-6-13-4-3-9-22-13/h3-4,6,8-9,12H,2,5,7,10H2,1H3,(H,20,21)/b8-6+. The molecular weight excluding hydrogens is 308 g/mol. The van der Waals surface area contributed by atoms with Gasteiger partial charge in [-0.05, 0) is 49.0 Å². The van der Waals surface area contributed by atoms with Crippen LogP contribution in [0.5, 0.6) is 0 Å². The second kappa shape index (κ2) is 6.84. The Bertz CT molecular complexity index is 766. The average Bonchev–Trinajstić information content (AvgIpc) is 3.19. The normalized spacial score (nSPS) is 17.0. The quantitative estimate of drug-likeness (QED) is 0.848. The predicted octanol–water partition coefficient (Wildman–Crippen LogP) is 4.38. The molecule has 23 heavy (non-hydrogen) atoms. The van der Waals surface area contributed by atoms with Crippen LogP contribution in [0.1, 0.15) is 41.5 Å². The van der Waals surface area contributed by atoms with Crippen molar-refractivity contribution in [2.75, 3.05) is 5.32 Å². The van der Waals surface area contributed by atoms with Crippen molar-refractivity contribution in [2.45, 2.75) is 32.6 Å². The van der Waals surface area contributed by atoms with Crippen LogP contribution in [0.15, 0.2) is 28.9 Å². The number of nitrogens with one attached hydrogen (secondary N) is 1. The third-order valence-corrected chi connectivity index (χ3v) is 5.41. The number of rotatable bonds is 4. The molecule has 1 amide bonds. The molecule has 4 nitrogen and oxygen atoms in total. The number of hydrogen-bond acceptors (Lipinski definition) is 4. The predicted molar refractivity (Wildman–Crippen MR) is 91.2 cm³/mol. The van der Waals surface area contributed by atoms with Gasteiger partial charge in [-0.3, -0.25) is 4.79 Å². The molecule has 1 aliphatic carbocycles. The molecule has 1 unspecified atom stereocenters. The Morgan fingerprint density at radius 3 is 3.17 bits per heavy atom. The van der Waals surface area contributed by atoms with E-state index in [4.69, 9.17) is 4.42 Å². The van der Waals surface area contributed by atoms with E-state index in [1.165, 1.54) is 11.0 Å². The van der Waals surface area contributed by atoms with Crippen LogP contribution < -0.4 is 5.32 Å². The van der Waals surface area contributed by atoms with Gasteiger partial charge in [-0.15, -0.1) is 11.3 Å². The number of nitriles is 1. The number of furan rings is 1. The third kappa shape index (κ3) is 3.38. The Hall–Kier alpha value is -2.32. The van der Waals surface area contributed by atoms with Crippen LogP contribution in [0.2, 0.25) is 0 Å². The van der Waals surface area contributed by atoms with Gasteiger partial charge in [0.05, 0.1) is 11.8 Å². The number of thiophene rings is 1. The van der Waals surface area contributed by atoms with Crippen molar-refractivity contribution in [2.24, 2.45) is 5.92 Å². The van der Waals surface area contributed by atoms with E-state index in [0.29, 0.717) is 22.2 Å². The highest BCUT2D eigenvalue weighted by Gasteiger charge is 2.25. The Kier molecular flexibility index (Phi) is 4.63. The van der Waals surface area contributed by atoms with Crippen LogP contribution in [0.4, 0.5) is 5.00 Å². The van der Waals surface area contributed by atoms with Crippen molar-refractivity contribution in [3.05, 3.63) is 46.2 Å². The van der Waals surface area contributed by atoms with E-state index < -0.39 is 0 Å². The van der Waals surface area contributed by atoms with E-state index in [2.05, 4.69) is 18.3 Å². The van der Waals surface area contributed by atoms with Gasteiger partial charge in [-0.1, -0.05) is 13.3 Å². The third-order valence-electron chi connectivity index (χ3n) is 4.24. The van der Waals surface area contributed by atoms with Crippen molar-refractivity contribution in [1.82, 2.24) is 0 Å². The first kappa shape index (κ1) is 15.6. The first-order valence-electron chi connectivity index (χ1n) is 7.78. The fraction of sp³-hybridized carbons (Fsp3) is 0.333. The van der Waals surface area contributed by atoms with E-state index in [9.17, 15) is 10.1 Å². The summed E-state index contributed by atoms with van der Waals surface area (Å²) in [6.07, 6.45) is 8.83. The van der Waals surface area contributed by atoms with Gasteiger partial charge < -0.3 is 9.73 Å². The summed E-state index contributed by atoms with van der Waals surface area (Å²) >= 11 is 1.55. The van der Waals surface area contributed by atoms with Gasteiger partial charge >= 0.3 is 0 Å². The molecular formula is C18H18N2O2S. The van der Waals surface area contributed by atoms with Crippen molar-refractivity contribution < 1.29 is 9.21 Å². The van der Waals surface area contributed by atoms with Gasteiger partial charge in [0, 0.05) is 11.0 Å². The van der Waals surface area contributed by atoms with E-state index in [1.54, 1.807) is 35.8 Å². The maximum Gasteiger partial charge on any atom is 0.249 e. The Morgan fingerprint density at radius 2 is 2.48 bits per heavy atom. The summed E-state index contributed by atoms with van der Waals surface area (Å²) in [4.78, 5) is 13.3. The van der Waals surface area contributed by atoms with Gasteiger partial charge in [-0.25, -0.2) is 0 Å². The van der Waals surface area contributed by atoms with Crippen LogP contribution in [0.3, 0.4) is 0 Å². The van der Waals surface area contributed by atoms with Gasteiger partial charge in [0.2, 0.25) is 5.91 Å². The minimum atomic E-state index is -0.247. The number of fused-ring (bicyclic) bond motifs is 1. The molecule has 0 saturated heterocycles. The highest BCUT2D eigenvalue weighted by molar-refractivity contribution is 7.16. The van der Waals surface area contributed by atoms with Crippen molar-refractivity contribution in [3.8, 4) is 6.07 Å². The Morgan fingerprint density at radius 1 is 1.61 bits per heavy atom. The largest absolute Gasteiger partial charge is 0.465 e. The van der Waals surface area contributed by atoms with E-state index in [-0.39, 0.29) is 5.91 Å². The van der Waals surface area contributed by atoms with Crippen molar-refractivity contribution in [3.63, 3.8) is 0 Å². The van der Waals surface area contributed by atoms with Crippen LogP contribution in [-0.2, 0) is 17.6 Å². The SMILES string of the molecule is CCC1CCc2c(sc(NC(=O)/C=C/c3ccco3)c2C#N)C1. The number of hydrogen-bond donors (Lipinski definition) is 1. The molecule has 0 saturated carbocycles.